The van der Waals surface area contributed by atoms with Crippen LogP contribution in [0.5, 0.6) is 0 Å². The molecule has 132 heavy (non-hydrogen) atoms. The summed E-state index contributed by atoms with van der Waals surface area (Å²) in [6.07, 6.45) is -27.0. The lowest BCUT2D eigenvalue weighted by Crippen LogP contribution is -2.57. The molecular weight excluding hydrogens is 1880 g/mol. The first kappa shape index (κ1) is 124. The molecule has 1 rings (SSSR count). The van der Waals surface area contributed by atoms with Gasteiger partial charge in [0, 0.05) is 64.3 Å². The van der Waals surface area contributed by atoms with E-state index in [0.717, 1.165) is 11.8 Å². The highest BCUT2D eigenvalue weighted by molar-refractivity contribution is 14.1. The number of primary amides is 1. The number of carbonyl (C=O) groups excluding carboxylic acids is 7. The second-order valence-electron chi connectivity index (χ2n) is 31.4. The van der Waals surface area contributed by atoms with Crippen molar-refractivity contribution in [1.29, 1.82) is 0 Å². The van der Waals surface area contributed by atoms with Crippen LogP contribution in [0.3, 0.4) is 0 Å². The van der Waals surface area contributed by atoms with E-state index >= 15 is 0 Å². The Bertz CT molecular complexity index is 3180. The number of unbranched alkanes of at least 4 members (excludes halogenated alkanes) is 1. The number of nitrogens with zero attached hydrogens (tertiary/aromatic N) is 1. The number of hydrogen-bond donors (Lipinski definition) is 31. The van der Waals surface area contributed by atoms with Crippen LogP contribution >= 0.6 is 23.0 Å². The van der Waals surface area contributed by atoms with E-state index in [-0.39, 0.29) is 178 Å². The molecule has 1 aromatic rings. The van der Waals surface area contributed by atoms with Crippen LogP contribution < -0.4 is 48.3 Å². The largest absolute Gasteiger partial charge is 0.507 e. The summed E-state index contributed by atoms with van der Waals surface area (Å²) in [6.45, 7) is -3.88. The first-order chi connectivity index (χ1) is 62.7. The molecule has 0 saturated carbocycles. The van der Waals surface area contributed by atoms with Crippen molar-refractivity contribution in [2.45, 2.75) is 206 Å². The Morgan fingerprint density at radius 1 is 0.432 bits per heavy atom. The van der Waals surface area contributed by atoms with Gasteiger partial charge in [0.15, 0.2) is 11.9 Å². The van der Waals surface area contributed by atoms with E-state index < -0.39 is 227 Å². The fourth-order valence-electron chi connectivity index (χ4n) is 11.5. The average molecular weight is 2030 g/mol. The summed E-state index contributed by atoms with van der Waals surface area (Å²) in [7, 11) is 0. The van der Waals surface area contributed by atoms with Gasteiger partial charge in [0.1, 0.15) is 146 Å². The third kappa shape index (κ3) is 61.3. The van der Waals surface area contributed by atoms with Gasteiger partial charge in [0.25, 0.3) is 5.91 Å². The Morgan fingerprint density at radius 3 is 1.24 bits per heavy atom. The molecule has 0 radical (unpaired) electrons. The molecule has 770 valence electrons. The molecule has 0 aliphatic carbocycles. The van der Waals surface area contributed by atoms with Gasteiger partial charge in [0.2, 0.25) is 29.5 Å². The van der Waals surface area contributed by atoms with Crippen molar-refractivity contribution < 1.29 is 201 Å². The quantitative estimate of drug-likeness (QED) is 0.0164. The lowest BCUT2D eigenvalue weighted by atomic mass is 10.0. The lowest BCUT2D eigenvalue weighted by Gasteiger charge is -2.33. The summed E-state index contributed by atoms with van der Waals surface area (Å²) in [4.78, 5) is 90.7. The Morgan fingerprint density at radius 2 is 0.826 bits per heavy atom. The van der Waals surface area contributed by atoms with Gasteiger partial charge in [-0.15, -0.1) is 0 Å². The second-order valence-corrected chi connectivity index (χ2v) is 32.0. The SMILES string of the molecule is CCN[C@@H](CCCCNC(=O)C(O)COCC(O)COC/C(O)=C/OCC(O)COCC(O)COCC(O)COCC(O)COCC(O)COCC(O)COCC(O)COCC(O)COCC(O)CNC(=O)CCC(=O)NCCN(C[C@H](O)[C@@H](O)[C@H](O)[C@H](O)CO)C[C@H](O)[C@@H](O)[C@H](O)[C@H](O)CO)C(=O)N[C@H](C(=O)N[C@@H](CCCNC(N)=O)C(=O)Nc1ccc(COI)cc1)C(C)C. The van der Waals surface area contributed by atoms with Gasteiger partial charge >= 0.3 is 6.03 Å². The van der Waals surface area contributed by atoms with Gasteiger partial charge in [-0.1, -0.05) is 32.9 Å². The fraction of sp³-hybridized carbons (Fsp3) is 0.812. The Labute approximate surface area is 779 Å². The van der Waals surface area contributed by atoms with E-state index in [1.54, 1.807) is 61.1 Å². The second kappa shape index (κ2) is 75.1. The molecule has 0 spiro atoms. The van der Waals surface area contributed by atoms with Crippen LogP contribution in [0.1, 0.15) is 71.3 Å². The molecule has 32 N–H and O–H groups in total. The number of aliphatic hydroxyl groups excluding tert-OH is 22. The first-order valence-corrected chi connectivity index (χ1v) is 44.1. The molecule has 0 fully saturated rings. The topological polar surface area (TPSA) is 801 Å². The van der Waals surface area contributed by atoms with Crippen molar-refractivity contribution in [2.75, 3.05) is 210 Å². The van der Waals surface area contributed by atoms with Crippen molar-refractivity contribution in [1.82, 2.24) is 42.1 Å². The normalized spacial score (nSPS) is 17.1. The molecule has 0 bridgehead atoms. The highest BCUT2D eigenvalue weighted by atomic mass is 127. The van der Waals surface area contributed by atoms with Gasteiger partial charge in [-0.2, -0.15) is 0 Å². The number of nitrogens with one attached hydrogen (secondary N) is 8. The van der Waals surface area contributed by atoms with Gasteiger partial charge in [-0.05, 0) is 62.3 Å². The van der Waals surface area contributed by atoms with Crippen LogP contribution in [0.25, 0.3) is 0 Å². The predicted octanol–water partition coefficient (Wildman–Crippen LogP) is -12.4. The van der Waals surface area contributed by atoms with Gasteiger partial charge in [-0.3, -0.25) is 33.7 Å². The number of benzene rings is 1. The minimum Gasteiger partial charge on any atom is -0.507 e. The minimum atomic E-state index is -2.02. The number of amides is 8. The summed E-state index contributed by atoms with van der Waals surface area (Å²) in [6, 6.07) is 3.39. The summed E-state index contributed by atoms with van der Waals surface area (Å²) < 4.78 is 62.9. The molecule has 0 aliphatic heterocycles. The summed E-state index contributed by atoms with van der Waals surface area (Å²) >= 11 is 1.78. The molecule has 1 aromatic carbocycles. The van der Waals surface area contributed by atoms with Crippen LogP contribution in [0.2, 0.25) is 0 Å². The average Bonchev–Trinajstić information content (AvgIpc) is 0.862. The monoisotopic (exact) mass is 2030 g/mol. The number of nitrogens with two attached hydrogens (primary N) is 1. The van der Waals surface area contributed by atoms with E-state index in [1.807, 2.05) is 6.92 Å². The van der Waals surface area contributed by atoms with Crippen LogP contribution in [0.15, 0.2) is 36.3 Å². The smallest absolute Gasteiger partial charge is 0.312 e. The first-order valence-electron chi connectivity index (χ1n) is 43.2. The summed E-state index contributed by atoms with van der Waals surface area (Å²) in [5, 5.41) is 243. The zero-order chi connectivity index (χ0) is 98.9. The molecule has 52 heteroatoms. The van der Waals surface area contributed by atoms with E-state index in [4.69, 9.17) is 71.1 Å². The van der Waals surface area contributed by atoms with Crippen molar-refractivity contribution in [3.8, 4) is 0 Å². The highest BCUT2D eigenvalue weighted by Gasteiger charge is 2.36. The molecule has 0 saturated heterocycles. The minimum absolute atomic E-state index is 0.133. The van der Waals surface area contributed by atoms with Crippen LogP contribution in [-0.2, 0) is 90.5 Å². The van der Waals surface area contributed by atoms with Gasteiger partial charge in [-0.25, -0.2) is 4.79 Å². The third-order valence-corrected chi connectivity index (χ3v) is 18.9. The molecule has 22 atom stereocenters. The standard InChI is InChI=1S/C80H147IN10O41/c1-4-83-62(76(116)90-71(48(2)3)79(119)89-63(9-7-17-86-80(82)120)77(117)88-50-12-10-49(11-13-50)25-132-81)8-5-6-16-85-78(118)68(109)47-131-46-61(104)45-130-44-60(103)43-129-42-59(102)41-128-40-58(101)39-127-38-57(100)37-126-36-56(99)35-125-34-55(98)33-124-32-54(97)31-123-30-53(96)29-122-28-52(95)27-121-26-51(94)20-87-70(111)15-14-69(110)84-18-19-91(21-64(105)72(112)74(114)66(107)23-92)22-65(106)73(113)75(115)67(108)24-93/h10-13,43,48,51-59,61-68,71-75,83,92-109,112-115H,4-9,14-42,44-47H2,1-3H3,(H,84,110)(H,85,118)(H,87,111)(H,88,117)(H,89,119)(H,90,116)(H3,82,86,120)/b60-43-/t51?,52?,53?,54?,55?,56?,57?,58?,59?,61?,62-,63-,64-,65-,66+,67+,68?,71-,72+,73+,74+,75+/m0/s1. The molecule has 11 unspecified atom stereocenters. The van der Waals surface area contributed by atoms with Crippen molar-refractivity contribution in [3.63, 3.8) is 0 Å². The van der Waals surface area contributed by atoms with E-state index in [1.165, 1.54) is 4.90 Å². The number of hydrogen-bond acceptors (Lipinski definition) is 43. The van der Waals surface area contributed by atoms with Crippen molar-refractivity contribution >= 4 is 70.2 Å². The Balaban J connectivity index is 2.20. The maximum absolute atomic E-state index is 13.7. The highest BCUT2D eigenvalue weighted by Crippen LogP contribution is 2.17. The number of rotatable bonds is 84. The molecule has 0 heterocycles. The van der Waals surface area contributed by atoms with E-state index in [2.05, 4.69) is 42.5 Å². The zero-order valence-corrected chi connectivity index (χ0v) is 76.9. The zero-order valence-electron chi connectivity index (χ0n) is 74.7. The van der Waals surface area contributed by atoms with E-state index in [0.29, 0.717) is 44.5 Å². The number of halogens is 1. The van der Waals surface area contributed by atoms with Crippen molar-refractivity contribution in [2.24, 2.45) is 11.7 Å². The number of carbonyl (C=O) groups is 7. The Kier molecular flexibility index (Phi) is 70.6. The van der Waals surface area contributed by atoms with Crippen molar-refractivity contribution in [3.05, 3.63) is 41.9 Å². The number of urea groups is 1. The van der Waals surface area contributed by atoms with Crippen LogP contribution in [-0.4, -0.2) is 497 Å². The Hall–Kier alpha value is -5.98. The molecule has 8 amide bonds. The molecular formula is C80H147IN10O41. The summed E-state index contributed by atoms with van der Waals surface area (Å²) in [5.41, 5.74) is 6.54. The number of ether oxygens (including phenoxy) is 11. The third-order valence-electron chi connectivity index (χ3n) is 18.6. The lowest BCUT2D eigenvalue weighted by molar-refractivity contribution is -0.133. The predicted molar refractivity (Wildman–Crippen MR) is 469 cm³/mol. The van der Waals surface area contributed by atoms with E-state index in [9.17, 15) is 136 Å². The van der Waals surface area contributed by atoms with Crippen LogP contribution in [0.4, 0.5) is 10.5 Å². The number of aliphatic hydroxyl groups is 22. The number of likely N-dealkylation sites (N-methyl/N-ethyl adjacent to an activating group) is 1. The summed E-state index contributed by atoms with van der Waals surface area (Å²) in [5.74, 6) is -4.41. The molecule has 51 nitrogen and oxygen atoms in total. The fourth-order valence-corrected chi connectivity index (χ4v) is 11.9. The number of anilines is 1. The van der Waals surface area contributed by atoms with Crippen LogP contribution in [0, 0.1) is 5.92 Å². The maximum atomic E-state index is 13.7. The molecule has 0 aromatic heterocycles. The maximum Gasteiger partial charge on any atom is 0.312 e. The van der Waals surface area contributed by atoms with Gasteiger partial charge in [0.05, 0.1) is 170 Å². The van der Waals surface area contributed by atoms with Gasteiger partial charge < -0.3 is 216 Å². The molecule has 0 aliphatic rings.